The Morgan fingerprint density at radius 1 is 1.07 bits per heavy atom. The molecule has 1 aromatic carbocycles. The number of rotatable bonds is 8. The molecule has 0 bridgehead atoms. The topological polar surface area (TPSA) is 97.4 Å². The van der Waals surface area contributed by atoms with Crippen molar-refractivity contribution >= 4 is 46.3 Å². The second-order valence-electron chi connectivity index (χ2n) is 6.25. The quantitative estimate of drug-likeness (QED) is 0.395. The Kier molecular flexibility index (Phi) is 6.31. The number of aromatic nitrogens is 1. The van der Waals surface area contributed by atoms with Gasteiger partial charge >= 0.3 is 0 Å². The molecule has 9 heteroatoms. The predicted molar refractivity (Wildman–Crippen MR) is 118 cm³/mol. The largest absolute Gasteiger partial charge is 0.472 e. The van der Waals surface area contributed by atoms with Crippen molar-refractivity contribution in [1.29, 1.82) is 0 Å². The first-order valence-electron chi connectivity index (χ1n) is 8.98. The van der Waals surface area contributed by atoms with E-state index in [2.05, 4.69) is 15.8 Å². The number of carbonyl (C=O) groups is 2. The second kappa shape index (κ2) is 9.47. The first-order chi connectivity index (χ1) is 14.7. The van der Waals surface area contributed by atoms with Crippen LogP contribution in [0.4, 0.5) is 11.4 Å². The van der Waals surface area contributed by atoms with Crippen molar-refractivity contribution in [2.45, 2.75) is 5.75 Å². The minimum absolute atomic E-state index is 0.139. The van der Waals surface area contributed by atoms with E-state index in [1.54, 1.807) is 41.7 Å². The van der Waals surface area contributed by atoms with Crippen LogP contribution in [0.2, 0.25) is 0 Å². The zero-order chi connectivity index (χ0) is 20.8. The molecule has 0 spiro atoms. The third-order valence-corrected chi connectivity index (χ3v) is 5.84. The van der Waals surface area contributed by atoms with Gasteiger partial charge in [0, 0.05) is 23.2 Å². The van der Waals surface area contributed by atoms with Crippen LogP contribution in [-0.2, 0) is 10.5 Å². The SMILES string of the molecule is O=C(CSCc1cc(-c2cccs2)on1)Nc1cccc(NC(=O)c2ccoc2)c1. The van der Waals surface area contributed by atoms with Crippen molar-refractivity contribution in [3.63, 3.8) is 0 Å². The summed E-state index contributed by atoms with van der Waals surface area (Å²) in [5, 5.41) is 11.6. The maximum Gasteiger partial charge on any atom is 0.258 e. The Morgan fingerprint density at radius 3 is 2.70 bits per heavy atom. The second-order valence-corrected chi connectivity index (χ2v) is 8.18. The van der Waals surface area contributed by atoms with Crippen LogP contribution in [0.5, 0.6) is 0 Å². The van der Waals surface area contributed by atoms with Crippen molar-refractivity contribution in [2.24, 2.45) is 0 Å². The van der Waals surface area contributed by atoms with Gasteiger partial charge in [-0.2, -0.15) is 0 Å². The van der Waals surface area contributed by atoms with Crippen LogP contribution in [0.15, 0.2) is 75.4 Å². The first-order valence-corrected chi connectivity index (χ1v) is 11.0. The fraction of sp³-hybridized carbons (Fsp3) is 0.0952. The van der Waals surface area contributed by atoms with E-state index in [4.69, 9.17) is 8.94 Å². The molecule has 0 aliphatic heterocycles. The van der Waals surface area contributed by atoms with Crippen molar-refractivity contribution in [3.05, 3.63) is 77.7 Å². The molecule has 0 unspecified atom stereocenters. The van der Waals surface area contributed by atoms with E-state index in [0.717, 1.165) is 16.3 Å². The number of amides is 2. The predicted octanol–water partition coefficient (Wildman–Crippen LogP) is 5.12. The van der Waals surface area contributed by atoms with Gasteiger partial charge in [0.2, 0.25) is 5.91 Å². The minimum Gasteiger partial charge on any atom is -0.472 e. The molecule has 3 aromatic heterocycles. The molecule has 7 nitrogen and oxygen atoms in total. The summed E-state index contributed by atoms with van der Waals surface area (Å²) < 4.78 is 10.2. The molecule has 30 heavy (non-hydrogen) atoms. The fourth-order valence-corrected chi connectivity index (χ4v) is 4.01. The summed E-state index contributed by atoms with van der Waals surface area (Å²) in [7, 11) is 0. The summed E-state index contributed by atoms with van der Waals surface area (Å²) in [5.74, 6) is 1.16. The van der Waals surface area contributed by atoms with Crippen LogP contribution >= 0.6 is 23.1 Å². The van der Waals surface area contributed by atoms with Gasteiger partial charge in [0.1, 0.15) is 6.26 Å². The van der Waals surface area contributed by atoms with Crippen LogP contribution in [0.3, 0.4) is 0 Å². The van der Waals surface area contributed by atoms with E-state index in [9.17, 15) is 9.59 Å². The summed E-state index contributed by atoms with van der Waals surface area (Å²) in [4.78, 5) is 25.4. The van der Waals surface area contributed by atoms with Crippen molar-refractivity contribution < 1.29 is 18.5 Å². The molecule has 0 saturated heterocycles. The van der Waals surface area contributed by atoms with Crippen molar-refractivity contribution in [1.82, 2.24) is 5.16 Å². The first kappa shape index (κ1) is 20.0. The molecule has 0 radical (unpaired) electrons. The van der Waals surface area contributed by atoms with Gasteiger partial charge < -0.3 is 19.6 Å². The number of thiophene rings is 1. The highest BCUT2D eigenvalue weighted by Crippen LogP contribution is 2.26. The Morgan fingerprint density at radius 2 is 1.93 bits per heavy atom. The number of anilines is 2. The van der Waals surface area contributed by atoms with Crippen molar-refractivity contribution in [2.75, 3.05) is 16.4 Å². The van der Waals surface area contributed by atoms with E-state index < -0.39 is 0 Å². The number of furan rings is 1. The van der Waals surface area contributed by atoms with E-state index in [0.29, 0.717) is 22.7 Å². The molecular formula is C21H17N3O4S2. The van der Waals surface area contributed by atoms with E-state index >= 15 is 0 Å². The highest BCUT2D eigenvalue weighted by molar-refractivity contribution is 7.99. The van der Waals surface area contributed by atoms with Crippen LogP contribution in [0.25, 0.3) is 10.6 Å². The lowest BCUT2D eigenvalue weighted by Gasteiger charge is -2.08. The average Bonchev–Trinajstić information content (AvgIpc) is 3.49. The molecule has 4 aromatic rings. The lowest BCUT2D eigenvalue weighted by molar-refractivity contribution is -0.113. The lowest BCUT2D eigenvalue weighted by Crippen LogP contribution is -2.15. The zero-order valence-electron chi connectivity index (χ0n) is 15.7. The number of nitrogens with one attached hydrogen (secondary N) is 2. The average molecular weight is 440 g/mol. The standard InChI is InChI=1S/C21H17N3O4S2/c25-20(13-29-12-17-10-18(28-24-17)19-5-2-8-30-19)22-15-3-1-4-16(9-15)23-21(26)14-6-7-27-11-14/h1-11H,12-13H2,(H,22,25)(H,23,26). The molecule has 152 valence electrons. The van der Waals surface area contributed by atoms with Crippen LogP contribution in [0.1, 0.15) is 16.1 Å². The number of carbonyl (C=O) groups excluding carboxylic acids is 2. The summed E-state index contributed by atoms with van der Waals surface area (Å²) in [5.41, 5.74) is 2.40. The molecule has 2 N–H and O–H groups in total. The molecule has 4 rings (SSSR count). The van der Waals surface area contributed by atoms with Gasteiger partial charge in [-0.3, -0.25) is 9.59 Å². The van der Waals surface area contributed by atoms with Gasteiger partial charge in [-0.1, -0.05) is 17.3 Å². The fourth-order valence-electron chi connectivity index (χ4n) is 2.63. The molecule has 0 saturated carbocycles. The van der Waals surface area contributed by atoms with Crippen LogP contribution in [0, 0.1) is 0 Å². The van der Waals surface area contributed by atoms with Gasteiger partial charge in [0.25, 0.3) is 5.91 Å². The van der Waals surface area contributed by atoms with E-state index in [1.165, 1.54) is 24.3 Å². The summed E-state index contributed by atoms with van der Waals surface area (Å²) in [6, 6.07) is 14.4. The molecule has 2 amide bonds. The number of nitrogens with zero attached hydrogens (tertiary/aromatic N) is 1. The van der Waals surface area contributed by atoms with Gasteiger partial charge in [-0.05, 0) is 35.7 Å². The van der Waals surface area contributed by atoms with Gasteiger partial charge in [-0.15, -0.1) is 23.1 Å². The van der Waals surface area contributed by atoms with Crippen LogP contribution < -0.4 is 10.6 Å². The van der Waals surface area contributed by atoms with E-state index in [-0.39, 0.29) is 17.6 Å². The monoisotopic (exact) mass is 439 g/mol. The smallest absolute Gasteiger partial charge is 0.258 e. The molecule has 0 aliphatic carbocycles. The Hall–Kier alpha value is -3.30. The lowest BCUT2D eigenvalue weighted by atomic mass is 10.2. The zero-order valence-corrected chi connectivity index (χ0v) is 17.3. The molecule has 0 atom stereocenters. The summed E-state index contributed by atoms with van der Waals surface area (Å²) in [6.45, 7) is 0. The van der Waals surface area contributed by atoms with Crippen LogP contribution in [-0.4, -0.2) is 22.7 Å². The molecule has 0 fully saturated rings. The Labute approximate surface area is 180 Å². The van der Waals surface area contributed by atoms with Crippen molar-refractivity contribution in [3.8, 4) is 10.6 Å². The third kappa shape index (κ3) is 5.19. The highest BCUT2D eigenvalue weighted by Gasteiger charge is 2.10. The number of hydrogen-bond donors (Lipinski definition) is 2. The minimum atomic E-state index is -0.280. The number of benzene rings is 1. The van der Waals surface area contributed by atoms with Gasteiger partial charge in [-0.25, -0.2) is 0 Å². The Balaban J connectivity index is 1.25. The van der Waals surface area contributed by atoms with E-state index in [1.807, 2.05) is 23.6 Å². The molecule has 0 aliphatic rings. The normalized spacial score (nSPS) is 10.7. The number of thioether (sulfide) groups is 1. The molecule has 3 heterocycles. The summed E-state index contributed by atoms with van der Waals surface area (Å²) in [6.07, 6.45) is 2.81. The molecular weight excluding hydrogens is 422 g/mol. The van der Waals surface area contributed by atoms with Gasteiger partial charge in [0.05, 0.1) is 28.2 Å². The highest BCUT2D eigenvalue weighted by atomic mass is 32.2. The third-order valence-electron chi connectivity index (χ3n) is 3.99. The maximum absolute atomic E-state index is 12.2. The summed E-state index contributed by atoms with van der Waals surface area (Å²) >= 11 is 3.03. The maximum atomic E-state index is 12.2. The number of hydrogen-bond acceptors (Lipinski definition) is 7. The Bertz CT molecular complexity index is 1120. The van der Waals surface area contributed by atoms with Gasteiger partial charge in [0.15, 0.2) is 5.76 Å².